The highest BCUT2D eigenvalue weighted by Crippen LogP contribution is 2.30. The van der Waals surface area contributed by atoms with Crippen LogP contribution < -0.4 is 16.0 Å². The number of nitro groups is 1. The van der Waals surface area contributed by atoms with E-state index in [0.717, 1.165) is 19.3 Å². The second-order valence-corrected chi connectivity index (χ2v) is 4.39. The third-order valence-electron chi connectivity index (χ3n) is 2.84. The smallest absolute Gasteiger partial charge is 0.374 e. The van der Waals surface area contributed by atoms with Gasteiger partial charge in [0.2, 0.25) is 5.82 Å². The molecule has 0 aromatic carbocycles. The lowest BCUT2D eigenvalue weighted by Gasteiger charge is -2.07. The first kappa shape index (κ1) is 16.1. The molecular weight excluding hydrogens is 262 g/mol. The zero-order valence-electron chi connectivity index (χ0n) is 11.7. The SMILES string of the molecule is CCCCCCCCOc1ncnc(NN)c1[N+](=O)[O-]. The van der Waals surface area contributed by atoms with Crippen LogP contribution in [0.2, 0.25) is 0 Å². The van der Waals surface area contributed by atoms with Gasteiger partial charge in [-0.3, -0.25) is 10.1 Å². The molecule has 0 atom stereocenters. The van der Waals surface area contributed by atoms with Crippen LogP contribution in [0.25, 0.3) is 0 Å². The molecule has 1 aromatic heterocycles. The zero-order chi connectivity index (χ0) is 14.8. The number of nitrogens with two attached hydrogens (primary N) is 1. The van der Waals surface area contributed by atoms with Crippen molar-refractivity contribution in [2.75, 3.05) is 12.0 Å². The largest absolute Gasteiger partial charge is 0.473 e. The summed E-state index contributed by atoms with van der Waals surface area (Å²) in [5, 5.41) is 11.0. The minimum absolute atomic E-state index is 0.0495. The summed E-state index contributed by atoms with van der Waals surface area (Å²) >= 11 is 0. The van der Waals surface area contributed by atoms with E-state index in [4.69, 9.17) is 10.6 Å². The van der Waals surface area contributed by atoms with Gasteiger partial charge >= 0.3 is 5.69 Å². The van der Waals surface area contributed by atoms with Gasteiger partial charge in [0.25, 0.3) is 5.88 Å². The molecule has 0 aliphatic heterocycles. The molecule has 0 amide bonds. The number of hydrazine groups is 1. The molecule has 0 saturated heterocycles. The molecule has 1 rings (SSSR count). The van der Waals surface area contributed by atoms with Crippen molar-refractivity contribution in [2.45, 2.75) is 45.4 Å². The zero-order valence-corrected chi connectivity index (χ0v) is 11.7. The number of hydrogen-bond donors (Lipinski definition) is 2. The maximum Gasteiger partial charge on any atom is 0.374 e. The number of anilines is 1. The van der Waals surface area contributed by atoms with Crippen molar-refractivity contribution in [2.24, 2.45) is 5.84 Å². The second kappa shape index (κ2) is 9.03. The number of rotatable bonds is 10. The van der Waals surface area contributed by atoms with E-state index >= 15 is 0 Å². The van der Waals surface area contributed by atoms with Crippen molar-refractivity contribution < 1.29 is 9.66 Å². The molecule has 8 heteroatoms. The molecule has 0 unspecified atom stereocenters. The summed E-state index contributed by atoms with van der Waals surface area (Å²) in [7, 11) is 0. The summed E-state index contributed by atoms with van der Waals surface area (Å²) in [6.07, 6.45) is 7.88. The summed E-state index contributed by atoms with van der Waals surface area (Å²) < 4.78 is 5.36. The first-order valence-corrected chi connectivity index (χ1v) is 6.79. The van der Waals surface area contributed by atoms with Gasteiger partial charge in [0.05, 0.1) is 11.5 Å². The topological polar surface area (TPSA) is 116 Å². The fourth-order valence-corrected chi connectivity index (χ4v) is 1.79. The monoisotopic (exact) mass is 283 g/mol. The molecule has 3 N–H and O–H groups in total. The lowest BCUT2D eigenvalue weighted by Crippen LogP contribution is -2.13. The quantitative estimate of drug-likeness (QED) is 0.293. The van der Waals surface area contributed by atoms with Gasteiger partial charge in [-0.25, -0.2) is 10.8 Å². The number of nitrogens with one attached hydrogen (secondary N) is 1. The minimum atomic E-state index is -0.605. The van der Waals surface area contributed by atoms with E-state index in [1.54, 1.807) is 0 Å². The van der Waals surface area contributed by atoms with Gasteiger partial charge in [-0.2, -0.15) is 4.98 Å². The summed E-state index contributed by atoms with van der Waals surface area (Å²) in [6.45, 7) is 2.56. The Balaban J connectivity index is 2.45. The van der Waals surface area contributed by atoms with Crippen LogP contribution in [0.4, 0.5) is 11.5 Å². The molecular formula is C12H21N5O3. The second-order valence-electron chi connectivity index (χ2n) is 4.39. The van der Waals surface area contributed by atoms with E-state index < -0.39 is 4.92 Å². The summed E-state index contributed by atoms with van der Waals surface area (Å²) in [4.78, 5) is 17.8. The Morgan fingerprint density at radius 3 is 2.65 bits per heavy atom. The standard InChI is InChI=1S/C12H21N5O3/c1-2-3-4-5-6-7-8-20-12-10(17(18)19)11(16-13)14-9-15-12/h9H,2-8,13H2,1H3,(H,14,15,16). The Morgan fingerprint density at radius 1 is 1.30 bits per heavy atom. The van der Waals surface area contributed by atoms with Gasteiger partial charge in [0, 0.05) is 0 Å². The van der Waals surface area contributed by atoms with Gasteiger partial charge in [0.1, 0.15) is 6.33 Å². The van der Waals surface area contributed by atoms with Crippen molar-refractivity contribution >= 4 is 11.5 Å². The van der Waals surface area contributed by atoms with Crippen LogP contribution in [0.5, 0.6) is 5.88 Å². The third-order valence-corrected chi connectivity index (χ3v) is 2.84. The van der Waals surface area contributed by atoms with E-state index in [9.17, 15) is 10.1 Å². The first-order valence-electron chi connectivity index (χ1n) is 6.79. The fraction of sp³-hybridized carbons (Fsp3) is 0.667. The van der Waals surface area contributed by atoms with Crippen molar-refractivity contribution in [1.29, 1.82) is 0 Å². The normalized spacial score (nSPS) is 10.3. The highest BCUT2D eigenvalue weighted by atomic mass is 16.6. The van der Waals surface area contributed by atoms with Gasteiger partial charge < -0.3 is 10.2 Å². The van der Waals surface area contributed by atoms with Crippen LogP contribution in [0, 0.1) is 10.1 Å². The van der Waals surface area contributed by atoms with E-state index in [0.29, 0.717) is 6.61 Å². The average molecular weight is 283 g/mol. The molecule has 1 heterocycles. The molecule has 0 aliphatic rings. The Hall–Kier alpha value is -1.96. The molecule has 0 spiro atoms. The van der Waals surface area contributed by atoms with Crippen molar-refractivity contribution in [3.8, 4) is 5.88 Å². The van der Waals surface area contributed by atoms with Crippen molar-refractivity contribution in [1.82, 2.24) is 9.97 Å². The molecule has 112 valence electrons. The van der Waals surface area contributed by atoms with Crippen LogP contribution in [-0.4, -0.2) is 21.5 Å². The lowest BCUT2D eigenvalue weighted by molar-refractivity contribution is -0.385. The Labute approximate surface area is 117 Å². The fourth-order valence-electron chi connectivity index (χ4n) is 1.79. The first-order chi connectivity index (χ1) is 9.70. The predicted molar refractivity (Wildman–Crippen MR) is 75.4 cm³/mol. The molecule has 1 aromatic rings. The predicted octanol–water partition coefficient (Wildman–Crippen LogP) is 2.41. The number of nitrogen functional groups attached to an aromatic ring is 1. The van der Waals surface area contributed by atoms with Crippen LogP contribution in [0.15, 0.2) is 6.33 Å². The summed E-state index contributed by atoms with van der Waals surface area (Å²) in [6, 6.07) is 0. The third kappa shape index (κ3) is 4.96. The summed E-state index contributed by atoms with van der Waals surface area (Å²) in [5.41, 5.74) is 1.84. The van der Waals surface area contributed by atoms with Gasteiger partial charge in [-0.15, -0.1) is 0 Å². The molecule has 20 heavy (non-hydrogen) atoms. The van der Waals surface area contributed by atoms with Crippen LogP contribution >= 0.6 is 0 Å². The molecule has 0 saturated carbocycles. The van der Waals surface area contributed by atoms with Gasteiger partial charge in [0.15, 0.2) is 0 Å². The maximum atomic E-state index is 11.0. The summed E-state index contributed by atoms with van der Waals surface area (Å²) in [5.74, 6) is 5.08. The van der Waals surface area contributed by atoms with Gasteiger partial charge in [-0.05, 0) is 6.42 Å². The van der Waals surface area contributed by atoms with Crippen LogP contribution in [0.1, 0.15) is 45.4 Å². The van der Waals surface area contributed by atoms with Crippen LogP contribution in [0.3, 0.4) is 0 Å². The molecule has 0 bridgehead atoms. The number of hydrogen-bond acceptors (Lipinski definition) is 7. The van der Waals surface area contributed by atoms with E-state index in [-0.39, 0.29) is 17.4 Å². The highest BCUT2D eigenvalue weighted by Gasteiger charge is 2.23. The van der Waals surface area contributed by atoms with Gasteiger partial charge in [-0.1, -0.05) is 39.0 Å². The Morgan fingerprint density at radius 2 is 2.00 bits per heavy atom. The van der Waals surface area contributed by atoms with Crippen molar-refractivity contribution in [3.05, 3.63) is 16.4 Å². The Kier molecular flexibility index (Phi) is 7.26. The van der Waals surface area contributed by atoms with E-state index in [2.05, 4.69) is 22.3 Å². The number of aromatic nitrogens is 2. The number of ether oxygens (including phenoxy) is 1. The number of unbranched alkanes of at least 4 members (excludes halogenated alkanes) is 5. The minimum Gasteiger partial charge on any atom is -0.473 e. The van der Waals surface area contributed by atoms with Crippen LogP contribution in [-0.2, 0) is 0 Å². The van der Waals surface area contributed by atoms with Crippen molar-refractivity contribution in [3.63, 3.8) is 0 Å². The molecule has 0 radical (unpaired) electrons. The highest BCUT2D eigenvalue weighted by molar-refractivity contribution is 5.60. The lowest BCUT2D eigenvalue weighted by atomic mass is 10.1. The number of nitrogens with zero attached hydrogens (tertiary/aromatic N) is 3. The molecule has 0 aliphatic carbocycles. The van der Waals surface area contributed by atoms with E-state index in [1.807, 2.05) is 0 Å². The Bertz CT molecular complexity index is 428. The molecule has 0 fully saturated rings. The molecule has 8 nitrogen and oxygen atoms in total. The average Bonchev–Trinajstić information content (AvgIpc) is 2.45. The van der Waals surface area contributed by atoms with E-state index in [1.165, 1.54) is 25.6 Å². The maximum absolute atomic E-state index is 11.0.